The van der Waals surface area contributed by atoms with Crippen LogP contribution in [-0.2, 0) is 6.61 Å². The molecule has 0 saturated heterocycles. The van der Waals surface area contributed by atoms with Crippen molar-refractivity contribution in [2.45, 2.75) is 6.61 Å². The summed E-state index contributed by atoms with van der Waals surface area (Å²) in [6.45, 7) is 0.371. The van der Waals surface area contributed by atoms with Crippen molar-refractivity contribution in [3.8, 4) is 17.3 Å². The summed E-state index contributed by atoms with van der Waals surface area (Å²) >= 11 is 3.52. The lowest BCUT2D eigenvalue weighted by molar-refractivity contribution is 0.307. The zero-order valence-corrected chi connectivity index (χ0v) is 25.7. The van der Waals surface area contributed by atoms with Crippen LogP contribution in [0.1, 0.15) is 11.1 Å². The number of fused-ring (bicyclic) bond motifs is 3. The highest BCUT2D eigenvalue weighted by Gasteiger charge is 2.17. The van der Waals surface area contributed by atoms with Gasteiger partial charge in [-0.25, -0.2) is 4.98 Å². The second-order valence-corrected chi connectivity index (χ2v) is 11.6. The van der Waals surface area contributed by atoms with E-state index in [0.29, 0.717) is 40.4 Å². The minimum Gasteiger partial charge on any atom is -0.488 e. The minimum absolute atomic E-state index is 0.299. The van der Waals surface area contributed by atoms with Gasteiger partial charge in [-0.05, 0) is 64.9 Å². The number of rotatable bonds is 7. The van der Waals surface area contributed by atoms with E-state index in [1.807, 2.05) is 97.9 Å². The van der Waals surface area contributed by atoms with E-state index in [1.165, 1.54) is 4.68 Å². The van der Waals surface area contributed by atoms with Crippen LogP contribution in [-0.4, -0.2) is 30.0 Å². The number of anilines is 1. The molecular formula is C36H27BrN4O3. The van der Waals surface area contributed by atoms with Crippen LogP contribution < -0.4 is 15.2 Å². The zero-order valence-electron chi connectivity index (χ0n) is 24.1. The zero-order chi connectivity index (χ0) is 30.2. The van der Waals surface area contributed by atoms with Gasteiger partial charge in [-0.2, -0.15) is 9.78 Å². The fraction of sp³-hybridized carbons (Fsp3) is 0.0833. The number of furan rings is 1. The van der Waals surface area contributed by atoms with Crippen molar-refractivity contribution in [3.05, 3.63) is 135 Å². The van der Waals surface area contributed by atoms with Crippen LogP contribution in [0.4, 0.5) is 5.69 Å². The molecule has 0 spiro atoms. The molecule has 0 aliphatic rings. The molecule has 8 heteroatoms. The van der Waals surface area contributed by atoms with Crippen LogP contribution in [0.15, 0.2) is 128 Å². The van der Waals surface area contributed by atoms with E-state index in [1.54, 1.807) is 12.3 Å². The highest BCUT2D eigenvalue weighted by atomic mass is 79.9. The van der Waals surface area contributed by atoms with Crippen LogP contribution in [0, 0.1) is 0 Å². The van der Waals surface area contributed by atoms with Gasteiger partial charge in [0.25, 0.3) is 5.56 Å². The fourth-order valence-electron chi connectivity index (χ4n) is 5.24. The van der Waals surface area contributed by atoms with Crippen molar-refractivity contribution in [2.24, 2.45) is 5.10 Å². The Morgan fingerprint density at radius 2 is 1.68 bits per heavy atom. The third-order valence-corrected chi connectivity index (χ3v) is 8.03. The Balaban J connectivity index is 1.32. The van der Waals surface area contributed by atoms with Crippen molar-refractivity contribution in [3.63, 3.8) is 0 Å². The van der Waals surface area contributed by atoms with E-state index in [9.17, 15) is 4.79 Å². The molecule has 44 heavy (non-hydrogen) atoms. The van der Waals surface area contributed by atoms with Gasteiger partial charge in [0.15, 0.2) is 5.76 Å². The van der Waals surface area contributed by atoms with Crippen LogP contribution in [0.3, 0.4) is 0 Å². The van der Waals surface area contributed by atoms with E-state index in [2.05, 4.69) is 45.3 Å². The molecule has 0 atom stereocenters. The number of para-hydroxylation sites is 1. The Hall–Kier alpha value is -5.21. The molecule has 216 valence electrons. The van der Waals surface area contributed by atoms with Gasteiger partial charge in [-0.1, -0.05) is 70.5 Å². The predicted octanol–water partition coefficient (Wildman–Crippen LogP) is 8.25. The smallest absolute Gasteiger partial charge is 0.282 e. The first-order valence-corrected chi connectivity index (χ1v) is 14.9. The normalized spacial score (nSPS) is 11.6. The number of benzene rings is 5. The van der Waals surface area contributed by atoms with Gasteiger partial charge < -0.3 is 14.1 Å². The summed E-state index contributed by atoms with van der Waals surface area (Å²) < 4.78 is 14.8. The lowest BCUT2D eigenvalue weighted by Crippen LogP contribution is -2.20. The number of hydrogen-bond donors (Lipinski definition) is 0. The van der Waals surface area contributed by atoms with Gasteiger partial charge in [-0.15, -0.1) is 0 Å². The van der Waals surface area contributed by atoms with Crippen molar-refractivity contribution < 1.29 is 9.15 Å². The molecule has 0 bridgehead atoms. The summed E-state index contributed by atoms with van der Waals surface area (Å²) in [6, 6.07) is 35.2. The van der Waals surface area contributed by atoms with Crippen LogP contribution >= 0.6 is 15.9 Å². The third kappa shape index (κ3) is 5.24. The van der Waals surface area contributed by atoms with Crippen molar-refractivity contribution in [1.82, 2.24) is 9.66 Å². The predicted molar refractivity (Wildman–Crippen MR) is 181 cm³/mol. The monoisotopic (exact) mass is 642 g/mol. The summed E-state index contributed by atoms with van der Waals surface area (Å²) in [7, 11) is 3.96. The van der Waals surface area contributed by atoms with Crippen LogP contribution in [0.2, 0.25) is 0 Å². The molecule has 7 aromatic rings. The van der Waals surface area contributed by atoms with E-state index >= 15 is 0 Å². The highest BCUT2D eigenvalue weighted by Crippen LogP contribution is 2.30. The van der Waals surface area contributed by atoms with Gasteiger partial charge in [0.2, 0.25) is 5.82 Å². The van der Waals surface area contributed by atoms with Gasteiger partial charge in [0.05, 0.1) is 17.1 Å². The maximum absolute atomic E-state index is 13.8. The number of nitrogens with zero attached hydrogens (tertiary/aromatic N) is 4. The summed E-state index contributed by atoms with van der Waals surface area (Å²) in [5.74, 6) is 1.39. The largest absolute Gasteiger partial charge is 0.488 e. The number of hydrogen-bond acceptors (Lipinski definition) is 6. The van der Waals surface area contributed by atoms with Crippen molar-refractivity contribution >= 4 is 60.5 Å². The Morgan fingerprint density at radius 3 is 2.55 bits per heavy atom. The molecule has 2 aromatic heterocycles. The van der Waals surface area contributed by atoms with Gasteiger partial charge in [0.1, 0.15) is 17.9 Å². The van der Waals surface area contributed by atoms with Crippen LogP contribution in [0.25, 0.3) is 44.2 Å². The third-order valence-electron chi connectivity index (χ3n) is 7.54. The molecule has 7 rings (SSSR count). The Kier molecular flexibility index (Phi) is 7.20. The fourth-order valence-corrected chi connectivity index (χ4v) is 5.62. The van der Waals surface area contributed by atoms with Gasteiger partial charge in [0, 0.05) is 41.3 Å². The van der Waals surface area contributed by atoms with E-state index in [0.717, 1.165) is 37.4 Å². The quantitative estimate of drug-likeness (QED) is 0.164. The molecule has 0 unspecified atom stereocenters. The first-order valence-electron chi connectivity index (χ1n) is 14.1. The molecule has 0 aliphatic heterocycles. The lowest BCUT2D eigenvalue weighted by atomic mass is 10.1. The summed E-state index contributed by atoms with van der Waals surface area (Å²) in [4.78, 5) is 20.6. The maximum atomic E-state index is 13.8. The number of ether oxygens (including phenoxy) is 1. The SMILES string of the molecule is CN(C)c1ccc(C=Nn2c(-c3cc4cc(Br)ccc4o3)nc3ccccc3c2=O)c(OCc2cccc3ccccc23)c1. The highest BCUT2D eigenvalue weighted by molar-refractivity contribution is 9.10. The first-order chi connectivity index (χ1) is 21.4. The average Bonchev–Trinajstić information content (AvgIpc) is 3.46. The molecule has 0 saturated carbocycles. The molecule has 7 nitrogen and oxygen atoms in total. The lowest BCUT2D eigenvalue weighted by Gasteiger charge is -2.16. The topological polar surface area (TPSA) is 72.9 Å². The number of aromatic nitrogens is 2. The Morgan fingerprint density at radius 1 is 0.886 bits per heavy atom. The van der Waals surface area contributed by atoms with Gasteiger partial charge in [-0.3, -0.25) is 4.79 Å². The average molecular weight is 644 g/mol. The summed E-state index contributed by atoms with van der Waals surface area (Å²) in [6.07, 6.45) is 1.64. The molecule has 0 fully saturated rings. The second-order valence-electron chi connectivity index (χ2n) is 10.7. The Labute approximate surface area is 261 Å². The molecule has 0 N–H and O–H groups in total. The molecule has 0 aliphatic carbocycles. The van der Waals surface area contributed by atoms with E-state index in [-0.39, 0.29) is 5.56 Å². The minimum atomic E-state index is -0.299. The Bertz CT molecular complexity index is 2260. The van der Waals surface area contributed by atoms with Crippen molar-refractivity contribution in [1.29, 1.82) is 0 Å². The maximum Gasteiger partial charge on any atom is 0.282 e. The summed E-state index contributed by atoms with van der Waals surface area (Å²) in [5, 5.41) is 8.33. The molecular weight excluding hydrogens is 616 g/mol. The van der Waals surface area contributed by atoms with Crippen molar-refractivity contribution in [2.75, 3.05) is 19.0 Å². The molecule has 0 amide bonds. The molecule has 2 heterocycles. The standard InChI is InChI=1S/C36H27BrN4O3/c1-40(2)28-16-14-24(33(20-28)43-22-25-10-7-9-23-8-3-4-11-29(23)25)21-38-41-35(39-31-13-6-5-12-30(31)36(41)42)34-19-26-18-27(37)15-17-32(26)44-34/h3-21H,22H2,1-2H3. The first kappa shape index (κ1) is 27.6. The van der Waals surface area contributed by atoms with Crippen LogP contribution in [0.5, 0.6) is 5.75 Å². The molecule has 0 radical (unpaired) electrons. The summed E-state index contributed by atoms with van der Waals surface area (Å²) in [5.41, 5.74) is 3.73. The number of halogens is 1. The second kappa shape index (κ2) is 11.5. The molecule has 5 aromatic carbocycles. The van der Waals surface area contributed by atoms with Gasteiger partial charge >= 0.3 is 0 Å². The van der Waals surface area contributed by atoms with E-state index in [4.69, 9.17) is 14.1 Å². The van der Waals surface area contributed by atoms with E-state index < -0.39 is 0 Å².